The van der Waals surface area contributed by atoms with E-state index >= 15 is 0 Å². The molecule has 0 amide bonds. The molecule has 0 aliphatic heterocycles. The normalized spacial score (nSPS) is 13.5. The molecule has 0 saturated heterocycles. The molecule has 1 aromatic heterocycles. The minimum absolute atomic E-state index is 0.400. The fourth-order valence-corrected chi connectivity index (χ4v) is 3.62. The van der Waals surface area contributed by atoms with Gasteiger partial charge in [-0.05, 0) is 54.5 Å². The number of aryl methyl sites for hydroxylation is 1. The first-order chi connectivity index (χ1) is 11.4. The van der Waals surface area contributed by atoms with E-state index in [0.29, 0.717) is 6.42 Å². The van der Waals surface area contributed by atoms with Gasteiger partial charge in [-0.1, -0.05) is 36.4 Å². The standard InChI is InChI=1S/C21H18N2/c22-13-12-17-14-16-7-2-4-11-20(16)23-21(17)19-10-5-8-15-6-1-3-9-18(15)19/h2,4-5,7-8,10-11,14H,1,3,6,9,12H2. The van der Waals surface area contributed by atoms with Gasteiger partial charge in [-0.3, -0.25) is 0 Å². The summed E-state index contributed by atoms with van der Waals surface area (Å²) in [6, 6.07) is 19.1. The topological polar surface area (TPSA) is 36.7 Å². The molecule has 4 rings (SSSR count). The molecule has 0 spiro atoms. The first-order valence-electron chi connectivity index (χ1n) is 8.23. The van der Waals surface area contributed by atoms with Gasteiger partial charge in [0.25, 0.3) is 0 Å². The minimum Gasteiger partial charge on any atom is -0.247 e. The summed E-state index contributed by atoms with van der Waals surface area (Å²) in [5, 5.41) is 10.3. The van der Waals surface area contributed by atoms with E-state index in [1.54, 1.807) is 0 Å². The van der Waals surface area contributed by atoms with Gasteiger partial charge in [-0.25, -0.2) is 4.98 Å². The van der Waals surface area contributed by atoms with Crippen LogP contribution in [0.5, 0.6) is 0 Å². The number of benzene rings is 2. The minimum atomic E-state index is 0.400. The predicted octanol–water partition coefficient (Wildman–Crippen LogP) is 4.85. The maximum atomic E-state index is 9.22. The van der Waals surface area contributed by atoms with Gasteiger partial charge >= 0.3 is 0 Å². The Labute approximate surface area is 136 Å². The van der Waals surface area contributed by atoms with Gasteiger partial charge in [0.1, 0.15) is 0 Å². The fourth-order valence-electron chi connectivity index (χ4n) is 3.62. The Balaban J connectivity index is 1.98. The van der Waals surface area contributed by atoms with Gasteiger partial charge in [-0.15, -0.1) is 0 Å². The molecule has 1 aliphatic rings. The van der Waals surface area contributed by atoms with Gasteiger partial charge in [-0.2, -0.15) is 5.26 Å². The third kappa shape index (κ3) is 2.49. The quantitative estimate of drug-likeness (QED) is 0.678. The highest BCUT2D eigenvalue weighted by atomic mass is 14.7. The molecule has 2 heteroatoms. The zero-order valence-corrected chi connectivity index (χ0v) is 13.0. The van der Waals surface area contributed by atoms with Crippen molar-refractivity contribution >= 4 is 10.9 Å². The number of rotatable bonds is 2. The van der Waals surface area contributed by atoms with Crippen LogP contribution < -0.4 is 0 Å². The smallest absolute Gasteiger partial charge is 0.0755 e. The van der Waals surface area contributed by atoms with Crippen molar-refractivity contribution in [2.24, 2.45) is 0 Å². The van der Waals surface area contributed by atoms with Crippen LogP contribution in [0.4, 0.5) is 0 Å². The lowest BCUT2D eigenvalue weighted by atomic mass is 9.86. The van der Waals surface area contributed by atoms with Gasteiger partial charge in [0.2, 0.25) is 0 Å². The molecule has 2 nitrogen and oxygen atoms in total. The molecule has 112 valence electrons. The van der Waals surface area contributed by atoms with E-state index in [0.717, 1.165) is 35.0 Å². The molecule has 0 fully saturated rings. The number of nitrogens with zero attached hydrogens (tertiary/aromatic N) is 2. The van der Waals surface area contributed by atoms with Gasteiger partial charge in [0.05, 0.1) is 23.7 Å². The summed E-state index contributed by atoms with van der Waals surface area (Å²) >= 11 is 0. The average molecular weight is 298 g/mol. The predicted molar refractivity (Wildman–Crippen MR) is 93.1 cm³/mol. The molecule has 1 aliphatic carbocycles. The second kappa shape index (κ2) is 5.85. The van der Waals surface area contributed by atoms with E-state index in [1.807, 2.05) is 18.2 Å². The third-order valence-corrected chi connectivity index (χ3v) is 4.72. The van der Waals surface area contributed by atoms with Gasteiger partial charge in [0.15, 0.2) is 0 Å². The van der Waals surface area contributed by atoms with Crippen LogP contribution in [0.1, 0.15) is 29.5 Å². The van der Waals surface area contributed by atoms with E-state index in [1.165, 1.54) is 29.5 Å². The van der Waals surface area contributed by atoms with Crippen molar-refractivity contribution in [1.29, 1.82) is 5.26 Å². The summed E-state index contributed by atoms with van der Waals surface area (Å²) in [5.74, 6) is 0. The monoisotopic (exact) mass is 298 g/mol. The van der Waals surface area contributed by atoms with Crippen molar-refractivity contribution in [2.75, 3.05) is 0 Å². The van der Waals surface area contributed by atoms with Crippen molar-refractivity contribution in [3.8, 4) is 17.3 Å². The number of para-hydroxylation sites is 1. The highest BCUT2D eigenvalue weighted by Gasteiger charge is 2.17. The molecule has 0 atom stereocenters. The first kappa shape index (κ1) is 14.0. The zero-order valence-electron chi connectivity index (χ0n) is 13.0. The Hall–Kier alpha value is -2.66. The second-order valence-corrected chi connectivity index (χ2v) is 6.17. The summed E-state index contributed by atoms with van der Waals surface area (Å²) in [6.07, 6.45) is 5.19. The number of hydrogen-bond donors (Lipinski definition) is 0. The average Bonchev–Trinajstić information content (AvgIpc) is 2.61. The summed E-state index contributed by atoms with van der Waals surface area (Å²) < 4.78 is 0. The van der Waals surface area contributed by atoms with E-state index in [4.69, 9.17) is 4.98 Å². The molecule has 0 bridgehead atoms. The van der Waals surface area contributed by atoms with Gasteiger partial charge < -0.3 is 0 Å². The van der Waals surface area contributed by atoms with Crippen LogP contribution in [-0.2, 0) is 19.3 Å². The van der Waals surface area contributed by atoms with Crippen LogP contribution in [0.25, 0.3) is 22.2 Å². The number of pyridine rings is 1. The summed E-state index contributed by atoms with van der Waals surface area (Å²) in [7, 11) is 0. The summed E-state index contributed by atoms with van der Waals surface area (Å²) in [4.78, 5) is 4.92. The van der Waals surface area contributed by atoms with Crippen LogP contribution >= 0.6 is 0 Å². The van der Waals surface area contributed by atoms with E-state index in [-0.39, 0.29) is 0 Å². The van der Waals surface area contributed by atoms with Crippen molar-refractivity contribution < 1.29 is 0 Å². The lowest BCUT2D eigenvalue weighted by Crippen LogP contribution is -2.06. The van der Waals surface area contributed by atoms with Crippen LogP contribution in [0, 0.1) is 11.3 Å². The van der Waals surface area contributed by atoms with Crippen molar-refractivity contribution in [3.05, 3.63) is 65.2 Å². The molecule has 0 saturated carbocycles. The van der Waals surface area contributed by atoms with E-state index in [2.05, 4.69) is 36.4 Å². The van der Waals surface area contributed by atoms with Crippen molar-refractivity contribution in [3.63, 3.8) is 0 Å². The van der Waals surface area contributed by atoms with Crippen LogP contribution in [-0.4, -0.2) is 4.98 Å². The van der Waals surface area contributed by atoms with Gasteiger partial charge in [0, 0.05) is 10.9 Å². The van der Waals surface area contributed by atoms with E-state index in [9.17, 15) is 5.26 Å². The second-order valence-electron chi connectivity index (χ2n) is 6.17. The largest absolute Gasteiger partial charge is 0.247 e. The molecule has 3 aromatic rings. The maximum Gasteiger partial charge on any atom is 0.0755 e. The number of aromatic nitrogens is 1. The Morgan fingerprint density at radius 3 is 2.78 bits per heavy atom. The molecule has 0 N–H and O–H groups in total. The van der Waals surface area contributed by atoms with E-state index < -0.39 is 0 Å². The Morgan fingerprint density at radius 1 is 1.00 bits per heavy atom. The molecule has 0 unspecified atom stereocenters. The van der Waals surface area contributed by atoms with Crippen molar-refractivity contribution in [2.45, 2.75) is 32.1 Å². The first-order valence-corrected chi connectivity index (χ1v) is 8.23. The molecular formula is C21H18N2. The Morgan fingerprint density at radius 2 is 1.87 bits per heavy atom. The molecular weight excluding hydrogens is 280 g/mol. The lowest BCUT2D eigenvalue weighted by molar-refractivity contribution is 0.686. The molecule has 2 aromatic carbocycles. The maximum absolute atomic E-state index is 9.22. The highest BCUT2D eigenvalue weighted by Crippen LogP contribution is 2.33. The molecule has 1 heterocycles. The van der Waals surface area contributed by atoms with Crippen LogP contribution in [0.2, 0.25) is 0 Å². The Kier molecular flexibility index (Phi) is 3.55. The highest BCUT2D eigenvalue weighted by molar-refractivity contribution is 5.84. The zero-order chi connectivity index (χ0) is 15.6. The lowest BCUT2D eigenvalue weighted by Gasteiger charge is -2.20. The number of hydrogen-bond acceptors (Lipinski definition) is 2. The number of fused-ring (bicyclic) bond motifs is 2. The molecule has 0 radical (unpaired) electrons. The van der Waals surface area contributed by atoms with Crippen LogP contribution in [0.3, 0.4) is 0 Å². The van der Waals surface area contributed by atoms with Crippen molar-refractivity contribution in [1.82, 2.24) is 4.98 Å². The summed E-state index contributed by atoms with van der Waals surface area (Å²) in [5.41, 5.74) is 7.12. The molecule has 23 heavy (non-hydrogen) atoms. The SMILES string of the molecule is N#CCc1cc2ccccc2nc1-c1cccc2c1CCCC2. The number of nitriles is 1. The van der Waals surface area contributed by atoms with Crippen LogP contribution in [0.15, 0.2) is 48.5 Å². The fraction of sp³-hybridized carbons (Fsp3) is 0.238. The third-order valence-electron chi connectivity index (χ3n) is 4.72. The Bertz CT molecular complexity index is 919. The summed E-state index contributed by atoms with van der Waals surface area (Å²) in [6.45, 7) is 0.